The van der Waals surface area contributed by atoms with E-state index in [0.717, 1.165) is 15.3 Å². The molecule has 2 nitrogen and oxygen atoms in total. The molecule has 0 fully saturated rings. The van der Waals surface area contributed by atoms with E-state index in [1.807, 2.05) is 19.9 Å². The predicted molar refractivity (Wildman–Crippen MR) is 60.2 cm³/mol. The smallest absolute Gasteiger partial charge is 0.261 e. The van der Waals surface area contributed by atoms with E-state index in [1.165, 1.54) is 11.3 Å². The third kappa shape index (κ3) is 4.15. The monoisotopic (exact) mass is 250 g/mol. The van der Waals surface area contributed by atoms with Gasteiger partial charge >= 0.3 is 0 Å². The number of hydrogen-bond acceptors (Lipinski definition) is 3. The Morgan fingerprint density at radius 2 is 2.12 bits per heavy atom. The first kappa shape index (κ1) is 13.5. The largest absolute Gasteiger partial charge is 0.387 e. The number of aliphatic hydroxyl groups excluding tert-OH is 1. The number of halogens is 2. The minimum atomic E-state index is -2.44. The van der Waals surface area contributed by atoms with Gasteiger partial charge in [-0.05, 0) is 25.5 Å². The van der Waals surface area contributed by atoms with Gasteiger partial charge in [0.15, 0.2) is 0 Å². The minimum Gasteiger partial charge on any atom is -0.387 e. The van der Waals surface area contributed by atoms with Gasteiger partial charge < -0.3 is 9.84 Å². The number of aryl methyl sites for hydroxylation is 2. The fourth-order valence-corrected chi connectivity index (χ4v) is 2.55. The number of aliphatic hydroxyl groups is 1. The third-order valence-corrected chi connectivity index (χ3v) is 3.42. The molecule has 0 bridgehead atoms. The second-order valence-electron chi connectivity index (χ2n) is 3.67. The Morgan fingerprint density at radius 1 is 1.44 bits per heavy atom. The van der Waals surface area contributed by atoms with Crippen LogP contribution >= 0.6 is 11.3 Å². The van der Waals surface area contributed by atoms with Gasteiger partial charge in [0.1, 0.15) is 6.61 Å². The van der Waals surface area contributed by atoms with Crippen LogP contribution in [0.25, 0.3) is 0 Å². The Hall–Kier alpha value is -0.520. The second-order valence-corrected chi connectivity index (χ2v) is 4.96. The highest BCUT2D eigenvalue weighted by atomic mass is 32.1. The van der Waals surface area contributed by atoms with E-state index in [9.17, 15) is 13.9 Å². The molecule has 1 aromatic rings. The lowest BCUT2D eigenvalue weighted by molar-refractivity contribution is 0.00510. The zero-order valence-electron chi connectivity index (χ0n) is 9.37. The van der Waals surface area contributed by atoms with E-state index in [2.05, 4.69) is 0 Å². The SMILES string of the molecule is Cc1cc(C)c(C(O)CCOCC(F)F)s1. The predicted octanol–water partition coefficient (Wildman–Crippen LogP) is 3.07. The summed E-state index contributed by atoms with van der Waals surface area (Å²) in [6.45, 7) is 3.50. The minimum absolute atomic E-state index is 0.155. The maximum atomic E-state index is 11.8. The highest BCUT2D eigenvalue weighted by molar-refractivity contribution is 7.12. The van der Waals surface area contributed by atoms with Crippen LogP contribution in [-0.2, 0) is 4.74 Å². The molecular formula is C11H16F2O2S. The molecule has 0 aliphatic heterocycles. The van der Waals surface area contributed by atoms with Crippen molar-refractivity contribution in [3.63, 3.8) is 0 Å². The van der Waals surface area contributed by atoms with Crippen LogP contribution in [-0.4, -0.2) is 24.7 Å². The van der Waals surface area contributed by atoms with Crippen molar-refractivity contribution in [3.05, 3.63) is 21.4 Å². The van der Waals surface area contributed by atoms with Gasteiger partial charge in [0.05, 0.1) is 6.10 Å². The summed E-state index contributed by atoms with van der Waals surface area (Å²) in [7, 11) is 0. The van der Waals surface area contributed by atoms with Crippen LogP contribution in [0.3, 0.4) is 0 Å². The number of ether oxygens (including phenoxy) is 1. The van der Waals surface area contributed by atoms with Gasteiger partial charge in [0.25, 0.3) is 6.43 Å². The quantitative estimate of drug-likeness (QED) is 0.786. The molecule has 0 saturated carbocycles. The van der Waals surface area contributed by atoms with E-state index >= 15 is 0 Å². The molecule has 0 saturated heterocycles. The van der Waals surface area contributed by atoms with Gasteiger partial charge in [0.2, 0.25) is 0 Å². The summed E-state index contributed by atoms with van der Waals surface area (Å²) >= 11 is 1.53. The molecule has 0 aliphatic carbocycles. The first-order chi connectivity index (χ1) is 7.50. The van der Waals surface area contributed by atoms with Gasteiger partial charge in [-0.1, -0.05) is 0 Å². The maximum Gasteiger partial charge on any atom is 0.261 e. The zero-order valence-corrected chi connectivity index (χ0v) is 10.2. The van der Waals surface area contributed by atoms with Crippen molar-refractivity contribution in [2.24, 2.45) is 0 Å². The lowest BCUT2D eigenvalue weighted by Gasteiger charge is -2.10. The summed E-state index contributed by atoms with van der Waals surface area (Å²) in [6, 6.07) is 2.00. The van der Waals surface area contributed by atoms with Gasteiger partial charge in [0, 0.05) is 22.8 Å². The Labute approximate surface area is 97.9 Å². The molecule has 0 radical (unpaired) electrons. The van der Waals surface area contributed by atoms with Crippen molar-refractivity contribution >= 4 is 11.3 Å². The Bertz CT molecular complexity index is 326. The van der Waals surface area contributed by atoms with Crippen molar-refractivity contribution in [3.8, 4) is 0 Å². The van der Waals surface area contributed by atoms with Crippen LogP contribution in [0.15, 0.2) is 6.07 Å². The number of thiophene rings is 1. The van der Waals surface area contributed by atoms with E-state index in [0.29, 0.717) is 6.42 Å². The highest BCUT2D eigenvalue weighted by Crippen LogP contribution is 2.29. The molecule has 1 N–H and O–H groups in total. The molecule has 16 heavy (non-hydrogen) atoms. The summed E-state index contributed by atoms with van der Waals surface area (Å²) in [6.07, 6.45) is -2.70. The van der Waals surface area contributed by atoms with Crippen LogP contribution in [0, 0.1) is 13.8 Å². The summed E-state index contributed by atoms with van der Waals surface area (Å²) in [5.74, 6) is 0. The molecule has 1 heterocycles. The van der Waals surface area contributed by atoms with Crippen molar-refractivity contribution < 1.29 is 18.6 Å². The van der Waals surface area contributed by atoms with Crippen LogP contribution in [0.2, 0.25) is 0 Å². The number of rotatable bonds is 6. The molecule has 0 aromatic carbocycles. The molecule has 1 aromatic heterocycles. The van der Waals surface area contributed by atoms with Gasteiger partial charge in [-0.2, -0.15) is 0 Å². The fourth-order valence-electron chi connectivity index (χ4n) is 1.49. The Balaban J connectivity index is 2.35. The molecule has 0 aliphatic rings. The fraction of sp³-hybridized carbons (Fsp3) is 0.636. The average molecular weight is 250 g/mol. The number of hydrogen-bond donors (Lipinski definition) is 1. The first-order valence-corrected chi connectivity index (χ1v) is 5.93. The lowest BCUT2D eigenvalue weighted by atomic mass is 10.1. The van der Waals surface area contributed by atoms with Gasteiger partial charge in [-0.15, -0.1) is 11.3 Å². The van der Waals surface area contributed by atoms with Crippen molar-refractivity contribution in [2.45, 2.75) is 32.8 Å². The standard InChI is InChI=1S/C11H16F2O2S/c1-7-5-8(2)16-11(7)9(14)3-4-15-6-10(12)13/h5,9-10,14H,3-4,6H2,1-2H3. The molecule has 5 heteroatoms. The average Bonchev–Trinajstić information content (AvgIpc) is 2.52. The lowest BCUT2D eigenvalue weighted by Crippen LogP contribution is -2.08. The third-order valence-electron chi connectivity index (χ3n) is 2.16. The summed E-state index contributed by atoms with van der Waals surface area (Å²) < 4.78 is 28.3. The van der Waals surface area contributed by atoms with Crippen molar-refractivity contribution in [2.75, 3.05) is 13.2 Å². The van der Waals surface area contributed by atoms with Crippen LogP contribution in [0.1, 0.15) is 27.8 Å². The van der Waals surface area contributed by atoms with Crippen molar-refractivity contribution in [1.82, 2.24) is 0 Å². The Morgan fingerprint density at radius 3 is 2.62 bits per heavy atom. The maximum absolute atomic E-state index is 11.8. The molecule has 92 valence electrons. The molecule has 0 spiro atoms. The first-order valence-electron chi connectivity index (χ1n) is 5.11. The molecule has 0 amide bonds. The van der Waals surface area contributed by atoms with E-state index < -0.39 is 19.1 Å². The zero-order chi connectivity index (χ0) is 12.1. The molecular weight excluding hydrogens is 234 g/mol. The van der Waals surface area contributed by atoms with Crippen LogP contribution in [0.5, 0.6) is 0 Å². The van der Waals surface area contributed by atoms with E-state index in [4.69, 9.17) is 4.74 Å². The highest BCUT2D eigenvalue weighted by Gasteiger charge is 2.13. The van der Waals surface area contributed by atoms with E-state index in [-0.39, 0.29) is 6.61 Å². The molecule has 1 unspecified atom stereocenters. The second kappa shape index (κ2) is 6.27. The summed E-state index contributed by atoms with van der Waals surface area (Å²) in [5, 5.41) is 9.82. The van der Waals surface area contributed by atoms with Crippen molar-refractivity contribution in [1.29, 1.82) is 0 Å². The molecule has 1 rings (SSSR count). The summed E-state index contributed by atoms with van der Waals surface area (Å²) in [5.41, 5.74) is 1.05. The number of alkyl halides is 2. The Kier molecular flexibility index (Phi) is 5.31. The normalized spacial score (nSPS) is 13.4. The van der Waals surface area contributed by atoms with E-state index in [1.54, 1.807) is 0 Å². The van der Waals surface area contributed by atoms with Crippen LogP contribution in [0.4, 0.5) is 8.78 Å². The summed E-state index contributed by atoms with van der Waals surface area (Å²) in [4.78, 5) is 2.04. The molecule has 1 atom stereocenters. The topological polar surface area (TPSA) is 29.5 Å². The van der Waals surface area contributed by atoms with Gasteiger partial charge in [-0.25, -0.2) is 8.78 Å². The van der Waals surface area contributed by atoms with Crippen LogP contribution < -0.4 is 0 Å². The van der Waals surface area contributed by atoms with Gasteiger partial charge in [-0.3, -0.25) is 0 Å².